The Morgan fingerprint density at radius 2 is 1.78 bits per heavy atom. The monoisotopic (exact) mass is 366 g/mol. The fourth-order valence-electron chi connectivity index (χ4n) is 3.34. The van der Waals surface area contributed by atoms with Gasteiger partial charge in [-0.2, -0.15) is 0 Å². The fourth-order valence-corrected chi connectivity index (χ4v) is 3.34. The molecule has 2 amide bonds. The van der Waals surface area contributed by atoms with Crippen LogP contribution >= 0.6 is 0 Å². The van der Waals surface area contributed by atoms with Crippen LogP contribution in [0.2, 0.25) is 0 Å². The van der Waals surface area contributed by atoms with E-state index in [2.05, 4.69) is 0 Å². The number of methoxy groups -OCH3 is 1. The molecule has 0 unspecified atom stereocenters. The standard InChI is InChI=1S/C22H26N2O3/c1-16-5-4-6-20(17(16)2)22(26)23-12-11-21(25)24(14-13-23)15-18-7-9-19(27-3)10-8-18/h4-10H,11-15H2,1-3H3. The molecule has 2 aromatic carbocycles. The van der Waals surface area contributed by atoms with Crippen LogP contribution in [0.1, 0.15) is 33.5 Å². The summed E-state index contributed by atoms with van der Waals surface area (Å²) in [5.74, 6) is 0.892. The maximum atomic E-state index is 12.9. The van der Waals surface area contributed by atoms with Gasteiger partial charge in [-0.25, -0.2) is 0 Å². The average molecular weight is 366 g/mol. The Labute approximate surface area is 160 Å². The molecule has 1 aliphatic rings. The second-order valence-corrected chi connectivity index (χ2v) is 6.95. The lowest BCUT2D eigenvalue weighted by atomic mass is 10.0. The third-order valence-corrected chi connectivity index (χ3v) is 5.24. The number of hydrogen-bond donors (Lipinski definition) is 0. The Morgan fingerprint density at radius 1 is 1.04 bits per heavy atom. The molecule has 3 rings (SSSR count). The van der Waals surface area contributed by atoms with E-state index in [9.17, 15) is 9.59 Å². The van der Waals surface area contributed by atoms with Crippen LogP contribution in [0.15, 0.2) is 42.5 Å². The maximum Gasteiger partial charge on any atom is 0.254 e. The molecule has 0 radical (unpaired) electrons. The molecule has 142 valence electrons. The van der Waals surface area contributed by atoms with Gasteiger partial charge in [-0.3, -0.25) is 9.59 Å². The number of amides is 2. The van der Waals surface area contributed by atoms with Crippen LogP contribution in [-0.4, -0.2) is 48.4 Å². The van der Waals surface area contributed by atoms with Crippen molar-refractivity contribution >= 4 is 11.8 Å². The zero-order chi connectivity index (χ0) is 19.4. The lowest BCUT2D eigenvalue weighted by molar-refractivity contribution is -0.130. The molecule has 0 aromatic heterocycles. The zero-order valence-electron chi connectivity index (χ0n) is 16.2. The number of nitrogens with zero attached hydrogens (tertiary/aromatic N) is 2. The van der Waals surface area contributed by atoms with Gasteiger partial charge in [-0.05, 0) is 48.7 Å². The van der Waals surface area contributed by atoms with Crippen molar-refractivity contribution in [3.05, 3.63) is 64.7 Å². The van der Waals surface area contributed by atoms with Crippen LogP contribution in [-0.2, 0) is 11.3 Å². The highest BCUT2D eigenvalue weighted by molar-refractivity contribution is 5.96. The van der Waals surface area contributed by atoms with E-state index in [1.165, 1.54) is 0 Å². The summed E-state index contributed by atoms with van der Waals surface area (Å²) < 4.78 is 5.18. The van der Waals surface area contributed by atoms with E-state index in [0.29, 0.717) is 32.6 Å². The number of ether oxygens (including phenoxy) is 1. The van der Waals surface area contributed by atoms with E-state index in [1.54, 1.807) is 12.0 Å². The predicted octanol–water partition coefficient (Wildman–Crippen LogP) is 3.19. The van der Waals surface area contributed by atoms with Crippen LogP contribution in [0.5, 0.6) is 5.75 Å². The summed E-state index contributed by atoms with van der Waals surface area (Å²) in [5, 5.41) is 0. The largest absolute Gasteiger partial charge is 0.497 e. The van der Waals surface area contributed by atoms with Crippen LogP contribution in [0.25, 0.3) is 0 Å². The van der Waals surface area contributed by atoms with Crippen LogP contribution < -0.4 is 4.74 Å². The van der Waals surface area contributed by atoms with E-state index in [0.717, 1.165) is 28.0 Å². The van der Waals surface area contributed by atoms with Gasteiger partial charge in [0, 0.05) is 38.2 Å². The topological polar surface area (TPSA) is 49.9 Å². The van der Waals surface area contributed by atoms with Crippen molar-refractivity contribution in [1.29, 1.82) is 0 Å². The lowest BCUT2D eigenvalue weighted by Gasteiger charge is -2.23. The summed E-state index contributed by atoms with van der Waals surface area (Å²) in [6, 6.07) is 13.5. The van der Waals surface area contributed by atoms with Gasteiger partial charge in [0.05, 0.1) is 7.11 Å². The molecule has 27 heavy (non-hydrogen) atoms. The minimum atomic E-state index is 0.00953. The van der Waals surface area contributed by atoms with Gasteiger partial charge in [0.25, 0.3) is 5.91 Å². The minimum absolute atomic E-state index is 0.00953. The van der Waals surface area contributed by atoms with Gasteiger partial charge in [0.1, 0.15) is 5.75 Å². The number of carbonyl (C=O) groups excluding carboxylic acids is 2. The van der Waals surface area contributed by atoms with E-state index in [1.807, 2.05) is 61.2 Å². The van der Waals surface area contributed by atoms with Crippen molar-refractivity contribution in [2.75, 3.05) is 26.7 Å². The molecule has 5 nitrogen and oxygen atoms in total. The van der Waals surface area contributed by atoms with E-state index in [-0.39, 0.29) is 11.8 Å². The van der Waals surface area contributed by atoms with Crippen molar-refractivity contribution < 1.29 is 14.3 Å². The first-order valence-electron chi connectivity index (χ1n) is 9.26. The van der Waals surface area contributed by atoms with Crippen molar-refractivity contribution in [2.24, 2.45) is 0 Å². The van der Waals surface area contributed by atoms with E-state index in [4.69, 9.17) is 4.74 Å². The molecule has 0 bridgehead atoms. The highest BCUT2D eigenvalue weighted by atomic mass is 16.5. The van der Waals surface area contributed by atoms with Crippen molar-refractivity contribution in [3.63, 3.8) is 0 Å². The van der Waals surface area contributed by atoms with Crippen LogP contribution in [0, 0.1) is 13.8 Å². The van der Waals surface area contributed by atoms with Gasteiger partial charge >= 0.3 is 0 Å². The number of aryl methyl sites for hydroxylation is 1. The summed E-state index contributed by atoms with van der Waals surface area (Å²) in [7, 11) is 1.63. The number of rotatable bonds is 4. The summed E-state index contributed by atoms with van der Waals surface area (Å²) in [6.45, 7) is 6.09. The van der Waals surface area contributed by atoms with Crippen molar-refractivity contribution in [3.8, 4) is 5.75 Å². The number of benzene rings is 2. The van der Waals surface area contributed by atoms with Gasteiger partial charge < -0.3 is 14.5 Å². The molecular formula is C22H26N2O3. The Hall–Kier alpha value is -2.82. The Kier molecular flexibility index (Phi) is 5.79. The quantitative estimate of drug-likeness (QED) is 0.835. The lowest BCUT2D eigenvalue weighted by Crippen LogP contribution is -2.36. The molecule has 0 atom stereocenters. The van der Waals surface area contributed by atoms with Gasteiger partial charge in [0.2, 0.25) is 5.91 Å². The van der Waals surface area contributed by atoms with Gasteiger partial charge in [0.15, 0.2) is 0 Å². The maximum absolute atomic E-state index is 12.9. The van der Waals surface area contributed by atoms with Gasteiger partial charge in [-0.15, -0.1) is 0 Å². The Bertz CT molecular complexity index is 830. The molecule has 1 heterocycles. The average Bonchev–Trinajstić information content (AvgIpc) is 2.86. The fraction of sp³-hybridized carbons (Fsp3) is 0.364. The molecule has 5 heteroatoms. The molecule has 0 N–H and O–H groups in total. The number of hydrogen-bond acceptors (Lipinski definition) is 3. The first-order valence-corrected chi connectivity index (χ1v) is 9.26. The predicted molar refractivity (Wildman–Crippen MR) is 105 cm³/mol. The first kappa shape index (κ1) is 19.0. The minimum Gasteiger partial charge on any atom is -0.497 e. The molecule has 0 aliphatic carbocycles. The molecule has 1 aliphatic heterocycles. The van der Waals surface area contributed by atoms with Crippen LogP contribution in [0.4, 0.5) is 0 Å². The normalized spacial score (nSPS) is 14.9. The molecule has 2 aromatic rings. The number of carbonyl (C=O) groups is 2. The Morgan fingerprint density at radius 3 is 2.48 bits per heavy atom. The third-order valence-electron chi connectivity index (χ3n) is 5.24. The molecule has 0 spiro atoms. The second-order valence-electron chi connectivity index (χ2n) is 6.95. The summed E-state index contributed by atoms with van der Waals surface area (Å²) in [6.07, 6.45) is 0.354. The molecule has 1 saturated heterocycles. The summed E-state index contributed by atoms with van der Waals surface area (Å²) in [4.78, 5) is 29.1. The molecule has 0 saturated carbocycles. The van der Waals surface area contributed by atoms with Crippen LogP contribution in [0.3, 0.4) is 0 Å². The van der Waals surface area contributed by atoms with Gasteiger partial charge in [-0.1, -0.05) is 24.3 Å². The third kappa shape index (κ3) is 4.30. The van der Waals surface area contributed by atoms with Crippen molar-refractivity contribution in [1.82, 2.24) is 9.80 Å². The Balaban J connectivity index is 1.68. The first-order chi connectivity index (χ1) is 13.0. The highest BCUT2D eigenvalue weighted by Gasteiger charge is 2.25. The van der Waals surface area contributed by atoms with E-state index >= 15 is 0 Å². The SMILES string of the molecule is COc1ccc(CN2CCN(C(=O)c3cccc(C)c3C)CCC2=O)cc1. The summed E-state index contributed by atoms with van der Waals surface area (Å²) >= 11 is 0. The molecule has 1 fully saturated rings. The summed E-state index contributed by atoms with van der Waals surface area (Å²) in [5.41, 5.74) is 3.89. The highest BCUT2D eigenvalue weighted by Crippen LogP contribution is 2.18. The zero-order valence-corrected chi connectivity index (χ0v) is 16.2. The second kappa shape index (κ2) is 8.25. The molecular weight excluding hydrogens is 340 g/mol. The van der Waals surface area contributed by atoms with E-state index < -0.39 is 0 Å². The smallest absolute Gasteiger partial charge is 0.254 e. The van der Waals surface area contributed by atoms with Crippen molar-refractivity contribution in [2.45, 2.75) is 26.8 Å².